The quantitative estimate of drug-likeness (QED) is 0.927. The average molecular weight is 287 g/mol. The van der Waals surface area contributed by atoms with E-state index in [0.717, 1.165) is 36.7 Å². The molecule has 0 radical (unpaired) electrons. The van der Waals surface area contributed by atoms with Crippen LogP contribution in [0.2, 0.25) is 0 Å². The highest BCUT2D eigenvalue weighted by Gasteiger charge is 2.28. The molecule has 3 rings (SSSR count). The highest BCUT2D eigenvalue weighted by atomic mass is 16.5. The van der Waals surface area contributed by atoms with Crippen molar-refractivity contribution in [2.24, 2.45) is 0 Å². The van der Waals surface area contributed by atoms with E-state index in [-0.39, 0.29) is 6.04 Å². The third-order valence-corrected chi connectivity index (χ3v) is 4.02. The van der Waals surface area contributed by atoms with Gasteiger partial charge in [-0.05, 0) is 26.2 Å². The molecule has 6 heteroatoms. The zero-order valence-corrected chi connectivity index (χ0v) is 12.7. The first-order valence-electron chi connectivity index (χ1n) is 7.18. The van der Waals surface area contributed by atoms with Crippen molar-refractivity contribution in [1.82, 2.24) is 19.9 Å². The Hall–Kier alpha value is -1.92. The summed E-state index contributed by atoms with van der Waals surface area (Å²) in [6, 6.07) is 8.12. The molecule has 2 heterocycles. The Bertz CT molecular complexity index is 612. The van der Waals surface area contributed by atoms with Crippen LogP contribution in [0.25, 0.3) is 11.5 Å². The van der Waals surface area contributed by atoms with E-state index in [0.29, 0.717) is 5.89 Å². The fourth-order valence-electron chi connectivity index (χ4n) is 2.66. The Morgan fingerprint density at radius 3 is 2.86 bits per heavy atom. The lowest BCUT2D eigenvalue weighted by Crippen LogP contribution is -2.45. The molecule has 0 bridgehead atoms. The molecule has 1 fully saturated rings. The van der Waals surface area contributed by atoms with Crippen LogP contribution in [0.1, 0.15) is 11.9 Å². The van der Waals surface area contributed by atoms with Gasteiger partial charge in [-0.1, -0.05) is 17.3 Å². The van der Waals surface area contributed by atoms with Crippen molar-refractivity contribution in [3.05, 3.63) is 30.1 Å². The van der Waals surface area contributed by atoms with Gasteiger partial charge in [0.1, 0.15) is 0 Å². The minimum atomic E-state index is 0.183. The van der Waals surface area contributed by atoms with Gasteiger partial charge in [0, 0.05) is 32.4 Å². The number of aromatic nitrogens is 2. The number of likely N-dealkylation sites (N-methyl/N-ethyl adjacent to an activating group) is 2. The Balaban J connectivity index is 1.89. The van der Waals surface area contributed by atoms with Crippen LogP contribution >= 0.6 is 0 Å². The molecule has 1 unspecified atom stereocenters. The summed E-state index contributed by atoms with van der Waals surface area (Å²) in [6.07, 6.45) is 0. The molecule has 1 aliphatic rings. The molecule has 1 N–H and O–H groups in total. The number of para-hydroxylation sites is 1. The van der Waals surface area contributed by atoms with Crippen LogP contribution in [0.15, 0.2) is 28.8 Å². The fraction of sp³-hybridized carbons (Fsp3) is 0.467. The van der Waals surface area contributed by atoms with E-state index in [2.05, 4.69) is 39.4 Å². The lowest BCUT2D eigenvalue weighted by Gasteiger charge is -2.35. The summed E-state index contributed by atoms with van der Waals surface area (Å²) in [5.41, 5.74) is 1.92. The van der Waals surface area contributed by atoms with Crippen LogP contribution in [0.3, 0.4) is 0 Å². The Morgan fingerprint density at radius 1 is 1.24 bits per heavy atom. The highest BCUT2D eigenvalue weighted by molar-refractivity contribution is 5.72. The van der Waals surface area contributed by atoms with Crippen LogP contribution in [-0.2, 0) is 0 Å². The van der Waals surface area contributed by atoms with Gasteiger partial charge < -0.3 is 14.7 Å². The van der Waals surface area contributed by atoms with Crippen molar-refractivity contribution in [3.63, 3.8) is 0 Å². The average Bonchev–Trinajstić information content (AvgIpc) is 2.99. The first kappa shape index (κ1) is 14.0. The summed E-state index contributed by atoms with van der Waals surface area (Å²) in [4.78, 5) is 9.18. The molecule has 1 aromatic heterocycles. The van der Waals surface area contributed by atoms with Gasteiger partial charge in [0.25, 0.3) is 5.89 Å². The summed E-state index contributed by atoms with van der Waals surface area (Å²) < 4.78 is 5.48. The Kier molecular flexibility index (Phi) is 3.90. The van der Waals surface area contributed by atoms with E-state index in [1.807, 2.05) is 31.3 Å². The molecule has 0 spiro atoms. The Morgan fingerprint density at radius 2 is 2.05 bits per heavy atom. The zero-order chi connectivity index (χ0) is 14.8. The first-order valence-corrected chi connectivity index (χ1v) is 7.18. The number of hydrogen-bond donors (Lipinski definition) is 1. The number of rotatable bonds is 3. The maximum atomic E-state index is 5.48. The normalized spacial score (nSPS) is 20.6. The molecular weight excluding hydrogens is 266 g/mol. The van der Waals surface area contributed by atoms with Crippen LogP contribution < -0.4 is 5.32 Å². The van der Waals surface area contributed by atoms with Crippen LogP contribution in [0.4, 0.5) is 5.69 Å². The van der Waals surface area contributed by atoms with E-state index < -0.39 is 0 Å². The maximum absolute atomic E-state index is 5.48. The SMILES string of the molecule is CNc1ccccc1-c1nc(C2CN(C)CCN2C)no1. The number of benzene rings is 1. The number of anilines is 1. The largest absolute Gasteiger partial charge is 0.387 e. The summed E-state index contributed by atoms with van der Waals surface area (Å²) >= 11 is 0. The minimum absolute atomic E-state index is 0.183. The molecule has 21 heavy (non-hydrogen) atoms. The number of nitrogens with one attached hydrogen (secondary N) is 1. The molecule has 2 aromatic rings. The van der Waals surface area contributed by atoms with Crippen molar-refractivity contribution in [2.45, 2.75) is 6.04 Å². The Labute approximate surface area is 124 Å². The van der Waals surface area contributed by atoms with Crippen molar-refractivity contribution >= 4 is 5.69 Å². The summed E-state index contributed by atoms with van der Waals surface area (Å²) in [5.74, 6) is 1.32. The summed E-state index contributed by atoms with van der Waals surface area (Å²) in [7, 11) is 6.12. The lowest BCUT2D eigenvalue weighted by molar-refractivity contribution is 0.108. The van der Waals surface area contributed by atoms with Gasteiger partial charge in [-0.25, -0.2) is 0 Å². The van der Waals surface area contributed by atoms with E-state index in [1.165, 1.54) is 0 Å². The van der Waals surface area contributed by atoms with E-state index in [9.17, 15) is 0 Å². The van der Waals surface area contributed by atoms with Crippen molar-refractivity contribution < 1.29 is 4.52 Å². The van der Waals surface area contributed by atoms with Crippen LogP contribution in [0.5, 0.6) is 0 Å². The smallest absolute Gasteiger partial charge is 0.260 e. The third-order valence-electron chi connectivity index (χ3n) is 4.02. The summed E-state index contributed by atoms with van der Waals surface area (Å²) in [6.45, 7) is 3.00. The molecule has 0 saturated carbocycles. The zero-order valence-electron chi connectivity index (χ0n) is 12.7. The lowest BCUT2D eigenvalue weighted by atomic mass is 10.1. The van der Waals surface area contributed by atoms with Gasteiger partial charge in [-0.15, -0.1) is 0 Å². The van der Waals surface area contributed by atoms with Gasteiger partial charge in [0.2, 0.25) is 0 Å². The molecular formula is C15H21N5O. The van der Waals surface area contributed by atoms with Crippen LogP contribution in [-0.4, -0.2) is 60.7 Å². The second-order valence-corrected chi connectivity index (χ2v) is 5.51. The number of nitrogens with zero attached hydrogens (tertiary/aromatic N) is 4. The van der Waals surface area contributed by atoms with Crippen LogP contribution in [0, 0.1) is 0 Å². The summed E-state index contributed by atoms with van der Waals surface area (Å²) in [5, 5.41) is 7.35. The van der Waals surface area contributed by atoms with Crippen molar-refractivity contribution in [2.75, 3.05) is 46.1 Å². The van der Waals surface area contributed by atoms with E-state index in [1.54, 1.807) is 0 Å². The molecule has 1 saturated heterocycles. The first-order chi connectivity index (χ1) is 10.2. The molecule has 0 amide bonds. The third kappa shape index (κ3) is 2.77. The van der Waals surface area contributed by atoms with Gasteiger partial charge in [-0.3, -0.25) is 4.90 Å². The molecule has 1 atom stereocenters. The highest BCUT2D eigenvalue weighted by Crippen LogP contribution is 2.28. The fourth-order valence-corrected chi connectivity index (χ4v) is 2.66. The van der Waals surface area contributed by atoms with Crippen molar-refractivity contribution in [3.8, 4) is 11.5 Å². The second-order valence-electron chi connectivity index (χ2n) is 5.51. The molecule has 1 aromatic carbocycles. The minimum Gasteiger partial charge on any atom is -0.387 e. The second kappa shape index (κ2) is 5.83. The van der Waals surface area contributed by atoms with Gasteiger partial charge in [0.05, 0.1) is 11.6 Å². The van der Waals surface area contributed by atoms with Gasteiger partial charge >= 0.3 is 0 Å². The molecule has 1 aliphatic heterocycles. The van der Waals surface area contributed by atoms with E-state index >= 15 is 0 Å². The number of hydrogen-bond acceptors (Lipinski definition) is 6. The molecule has 6 nitrogen and oxygen atoms in total. The molecule has 0 aliphatic carbocycles. The van der Waals surface area contributed by atoms with Gasteiger partial charge in [-0.2, -0.15) is 4.98 Å². The predicted molar refractivity (Wildman–Crippen MR) is 82.1 cm³/mol. The standard InChI is InChI=1S/C15H21N5O/c1-16-12-7-5-4-6-11(12)15-17-14(18-21-15)13-10-19(2)8-9-20(13)3/h4-7,13,16H,8-10H2,1-3H3. The van der Waals surface area contributed by atoms with Crippen molar-refractivity contribution in [1.29, 1.82) is 0 Å². The topological polar surface area (TPSA) is 57.4 Å². The maximum Gasteiger partial charge on any atom is 0.260 e. The molecule has 112 valence electrons. The number of piperazine rings is 1. The van der Waals surface area contributed by atoms with Gasteiger partial charge in [0.15, 0.2) is 5.82 Å². The predicted octanol–water partition coefficient (Wildman–Crippen LogP) is 1.70. The monoisotopic (exact) mass is 287 g/mol. The van der Waals surface area contributed by atoms with E-state index in [4.69, 9.17) is 4.52 Å².